The van der Waals surface area contributed by atoms with Gasteiger partial charge in [0.25, 0.3) is 0 Å². The number of nitrogen functional groups attached to an aromatic ring is 1. The second-order valence-electron chi connectivity index (χ2n) is 4.69. The van der Waals surface area contributed by atoms with Crippen molar-refractivity contribution >= 4 is 21.6 Å². The Morgan fingerprint density at radius 1 is 1.24 bits per heavy atom. The fourth-order valence-corrected chi connectivity index (χ4v) is 2.37. The van der Waals surface area contributed by atoms with E-state index in [0.717, 1.165) is 5.56 Å². The fraction of sp³-hybridized carbons (Fsp3) is 0.0667. The summed E-state index contributed by atoms with van der Waals surface area (Å²) in [5.74, 6) is 0.268. The van der Waals surface area contributed by atoms with E-state index < -0.39 is 0 Å². The number of hydrogen-bond acceptors (Lipinski definition) is 3. The molecule has 0 atom stereocenters. The van der Waals surface area contributed by atoms with Gasteiger partial charge in [0.2, 0.25) is 0 Å². The Morgan fingerprint density at radius 3 is 2.76 bits per heavy atom. The largest absolute Gasteiger partial charge is 0.396 e. The first-order chi connectivity index (χ1) is 10.0. The normalized spacial score (nSPS) is 10.8. The van der Waals surface area contributed by atoms with Crippen LogP contribution in [0.5, 0.6) is 0 Å². The van der Waals surface area contributed by atoms with Gasteiger partial charge in [-0.05, 0) is 42.8 Å². The average Bonchev–Trinajstić information content (AvgIpc) is 2.81. The summed E-state index contributed by atoms with van der Waals surface area (Å²) in [6, 6.07) is 8.56. The summed E-state index contributed by atoms with van der Waals surface area (Å²) in [6.07, 6.45) is 3.33. The van der Waals surface area contributed by atoms with Crippen LogP contribution in [0.4, 0.5) is 10.1 Å². The third-order valence-electron chi connectivity index (χ3n) is 3.06. The maximum Gasteiger partial charge on any atom is 0.153 e. The van der Waals surface area contributed by atoms with Gasteiger partial charge in [-0.15, -0.1) is 0 Å². The average molecular weight is 347 g/mol. The highest BCUT2D eigenvalue weighted by molar-refractivity contribution is 9.10. The lowest BCUT2D eigenvalue weighted by Gasteiger charge is -2.02. The predicted octanol–water partition coefficient (Wildman–Crippen LogP) is 3.73. The zero-order valence-corrected chi connectivity index (χ0v) is 12.8. The molecule has 0 aliphatic heterocycles. The number of anilines is 1. The Balaban J connectivity index is 2.10. The van der Waals surface area contributed by atoms with Gasteiger partial charge >= 0.3 is 0 Å². The summed E-state index contributed by atoms with van der Waals surface area (Å²) < 4.78 is 16.3. The molecule has 4 nitrogen and oxygen atoms in total. The number of pyridine rings is 1. The third-order valence-corrected chi connectivity index (χ3v) is 3.56. The molecule has 0 aliphatic carbocycles. The van der Waals surface area contributed by atoms with Crippen LogP contribution in [-0.4, -0.2) is 14.8 Å². The topological polar surface area (TPSA) is 56.7 Å². The van der Waals surface area contributed by atoms with Gasteiger partial charge in [-0.25, -0.2) is 14.1 Å². The van der Waals surface area contributed by atoms with E-state index in [4.69, 9.17) is 5.73 Å². The van der Waals surface area contributed by atoms with Crippen molar-refractivity contribution in [1.29, 1.82) is 0 Å². The Hall–Kier alpha value is -2.21. The molecule has 0 radical (unpaired) electrons. The molecule has 2 N–H and O–H groups in total. The number of nitrogens with zero attached hydrogens (tertiary/aromatic N) is 3. The van der Waals surface area contributed by atoms with Crippen molar-refractivity contribution in [2.75, 3.05) is 5.73 Å². The molecule has 6 heteroatoms. The van der Waals surface area contributed by atoms with E-state index >= 15 is 0 Å². The van der Waals surface area contributed by atoms with Gasteiger partial charge in [0, 0.05) is 16.2 Å². The van der Waals surface area contributed by atoms with Crippen LogP contribution >= 0.6 is 15.9 Å². The van der Waals surface area contributed by atoms with E-state index in [1.165, 1.54) is 6.07 Å². The third kappa shape index (κ3) is 2.67. The molecule has 106 valence electrons. The Bertz CT molecular complexity index is 813. The van der Waals surface area contributed by atoms with Crippen LogP contribution in [-0.2, 0) is 0 Å². The Morgan fingerprint density at radius 2 is 2.05 bits per heavy atom. The molecule has 0 aliphatic rings. The quantitative estimate of drug-likeness (QED) is 0.769. The van der Waals surface area contributed by atoms with Crippen molar-refractivity contribution in [3.63, 3.8) is 0 Å². The number of aromatic nitrogens is 3. The van der Waals surface area contributed by atoms with Crippen LogP contribution in [0.2, 0.25) is 0 Å². The first kappa shape index (κ1) is 13.8. The number of benzene rings is 1. The molecule has 0 amide bonds. The number of nitrogens with two attached hydrogens (primary N) is 1. The van der Waals surface area contributed by atoms with E-state index in [9.17, 15) is 4.39 Å². The van der Waals surface area contributed by atoms with E-state index in [1.54, 1.807) is 29.2 Å². The summed E-state index contributed by atoms with van der Waals surface area (Å²) in [5, 5.41) is 4.36. The van der Waals surface area contributed by atoms with Crippen LogP contribution in [0.25, 0.3) is 17.1 Å². The second kappa shape index (κ2) is 5.29. The van der Waals surface area contributed by atoms with Crippen molar-refractivity contribution in [3.05, 3.63) is 58.6 Å². The van der Waals surface area contributed by atoms with Gasteiger partial charge in [0.1, 0.15) is 11.5 Å². The summed E-state index contributed by atoms with van der Waals surface area (Å²) in [7, 11) is 0. The Kier molecular flexibility index (Phi) is 3.47. The highest BCUT2D eigenvalue weighted by Crippen LogP contribution is 2.29. The van der Waals surface area contributed by atoms with Crippen LogP contribution in [0.3, 0.4) is 0 Å². The van der Waals surface area contributed by atoms with E-state index in [0.29, 0.717) is 27.2 Å². The van der Waals surface area contributed by atoms with Gasteiger partial charge < -0.3 is 5.73 Å². The standard InChI is InChI=1S/C15H12BrFN4/c1-9-4-5-19-14(6-9)21-8-13(18)15(20-21)11-3-2-10(16)7-12(11)17/h2-8H,18H2,1H3. The van der Waals surface area contributed by atoms with Crippen LogP contribution in [0, 0.1) is 12.7 Å². The van der Waals surface area contributed by atoms with Gasteiger partial charge in [-0.3, -0.25) is 0 Å². The molecule has 3 aromatic rings. The predicted molar refractivity (Wildman–Crippen MR) is 83.6 cm³/mol. The minimum absolute atomic E-state index is 0.363. The first-order valence-corrected chi connectivity index (χ1v) is 7.07. The zero-order valence-electron chi connectivity index (χ0n) is 11.2. The summed E-state index contributed by atoms with van der Waals surface area (Å²) in [6.45, 7) is 1.97. The smallest absolute Gasteiger partial charge is 0.153 e. The molecule has 2 aromatic heterocycles. The molecule has 2 heterocycles. The fourth-order valence-electron chi connectivity index (χ4n) is 2.04. The van der Waals surface area contributed by atoms with Crippen molar-refractivity contribution < 1.29 is 4.39 Å². The summed E-state index contributed by atoms with van der Waals surface area (Å²) in [4.78, 5) is 4.24. The van der Waals surface area contributed by atoms with Crippen LogP contribution < -0.4 is 5.73 Å². The summed E-state index contributed by atoms with van der Waals surface area (Å²) >= 11 is 3.23. The van der Waals surface area contributed by atoms with Gasteiger partial charge in [-0.2, -0.15) is 5.10 Å². The summed E-state index contributed by atoms with van der Waals surface area (Å²) in [5.41, 5.74) is 8.20. The monoisotopic (exact) mass is 346 g/mol. The lowest BCUT2D eigenvalue weighted by Crippen LogP contribution is -1.98. The molecule has 21 heavy (non-hydrogen) atoms. The maximum atomic E-state index is 14.0. The van der Waals surface area contributed by atoms with Crippen molar-refractivity contribution in [3.8, 4) is 17.1 Å². The Labute approximate surface area is 129 Å². The molecule has 1 aromatic carbocycles. The van der Waals surface area contributed by atoms with E-state index in [1.807, 2.05) is 19.1 Å². The van der Waals surface area contributed by atoms with Crippen molar-refractivity contribution in [2.45, 2.75) is 6.92 Å². The minimum atomic E-state index is -0.376. The highest BCUT2D eigenvalue weighted by Gasteiger charge is 2.14. The molecule has 3 rings (SSSR count). The van der Waals surface area contributed by atoms with E-state index in [2.05, 4.69) is 26.0 Å². The maximum absolute atomic E-state index is 14.0. The van der Waals surface area contributed by atoms with Crippen molar-refractivity contribution in [2.24, 2.45) is 0 Å². The number of aryl methyl sites for hydroxylation is 1. The van der Waals surface area contributed by atoms with Gasteiger partial charge in [-0.1, -0.05) is 15.9 Å². The van der Waals surface area contributed by atoms with Crippen LogP contribution in [0.1, 0.15) is 5.56 Å². The minimum Gasteiger partial charge on any atom is -0.396 e. The van der Waals surface area contributed by atoms with Gasteiger partial charge in [0.05, 0.1) is 11.9 Å². The zero-order chi connectivity index (χ0) is 15.0. The molecular formula is C15H12BrFN4. The second-order valence-corrected chi connectivity index (χ2v) is 5.61. The molecule has 0 fully saturated rings. The lowest BCUT2D eigenvalue weighted by molar-refractivity contribution is 0.629. The van der Waals surface area contributed by atoms with Crippen molar-refractivity contribution in [1.82, 2.24) is 14.8 Å². The van der Waals surface area contributed by atoms with Crippen LogP contribution in [0.15, 0.2) is 47.2 Å². The number of halogens is 2. The number of rotatable bonds is 2. The van der Waals surface area contributed by atoms with E-state index in [-0.39, 0.29) is 5.82 Å². The lowest BCUT2D eigenvalue weighted by atomic mass is 10.1. The highest BCUT2D eigenvalue weighted by atomic mass is 79.9. The molecule has 0 unspecified atom stereocenters. The first-order valence-electron chi connectivity index (χ1n) is 6.28. The van der Waals surface area contributed by atoms with Gasteiger partial charge in [0.15, 0.2) is 5.82 Å². The molecule has 0 spiro atoms. The SMILES string of the molecule is Cc1ccnc(-n2cc(N)c(-c3ccc(Br)cc3F)n2)c1. The molecule has 0 bridgehead atoms. The number of hydrogen-bond donors (Lipinski definition) is 1. The molecule has 0 saturated heterocycles. The molecule has 0 saturated carbocycles. The molecular weight excluding hydrogens is 335 g/mol.